The fourth-order valence-electron chi connectivity index (χ4n) is 3.86. The van der Waals surface area contributed by atoms with Gasteiger partial charge in [0.05, 0.1) is 5.69 Å². The summed E-state index contributed by atoms with van der Waals surface area (Å²) in [6.07, 6.45) is 2.41. The number of hydrogen-bond acceptors (Lipinski definition) is 4. The van der Waals surface area contributed by atoms with E-state index in [-0.39, 0.29) is 5.82 Å². The molecule has 0 amide bonds. The third-order valence-electron chi connectivity index (χ3n) is 5.46. The smallest absolute Gasteiger partial charge is 0.146 e. The summed E-state index contributed by atoms with van der Waals surface area (Å²) in [5.41, 5.74) is 2.10. The van der Waals surface area contributed by atoms with Crippen molar-refractivity contribution in [2.75, 3.05) is 31.1 Å². The van der Waals surface area contributed by atoms with Gasteiger partial charge in [-0.05, 0) is 17.7 Å². The zero-order valence-corrected chi connectivity index (χ0v) is 17.1. The SMILES string of the molecule is Cn1ccnc1[C@H](O)c1cccc(F)c1N1CCN(Cc2ccccc2Cl)CC1. The molecule has 1 aliphatic heterocycles. The van der Waals surface area contributed by atoms with Crippen molar-refractivity contribution < 1.29 is 9.50 Å². The predicted molar refractivity (Wildman–Crippen MR) is 113 cm³/mol. The average molecular weight is 415 g/mol. The standard InChI is InChI=1S/C22H24ClFN4O/c1-26-10-9-25-22(26)21(29)17-6-4-8-19(24)20(17)28-13-11-27(12-14-28)15-16-5-2-3-7-18(16)23/h2-10,21,29H,11-15H2,1H3/t21-/m1/s1. The zero-order chi connectivity index (χ0) is 20.4. The van der Waals surface area contributed by atoms with Crippen molar-refractivity contribution in [1.82, 2.24) is 14.5 Å². The Labute approximate surface area is 175 Å². The van der Waals surface area contributed by atoms with E-state index in [0.29, 0.717) is 30.2 Å². The minimum atomic E-state index is -0.984. The highest BCUT2D eigenvalue weighted by Crippen LogP contribution is 2.33. The van der Waals surface area contributed by atoms with Crippen LogP contribution in [-0.4, -0.2) is 45.7 Å². The van der Waals surface area contributed by atoms with Crippen LogP contribution in [0.2, 0.25) is 5.02 Å². The summed E-state index contributed by atoms with van der Waals surface area (Å²) >= 11 is 6.28. The Morgan fingerprint density at radius 1 is 1.10 bits per heavy atom. The molecule has 0 saturated carbocycles. The Kier molecular flexibility index (Phi) is 5.85. The molecule has 1 atom stereocenters. The summed E-state index contributed by atoms with van der Waals surface area (Å²) in [6.45, 7) is 3.69. The average Bonchev–Trinajstić information content (AvgIpc) is 3.16. The van der Waals surface area contributed by atoms with Crippen LogP contribution in [0, 0.1) is 5.82 Å². The van der Waals surface area contributed by atoms with E-state index in [1.807, 2.05) is 36.2 Å². The number of aromatic nitrogens is 2. The number of rotatable bonds is 5. The number of halogens is 2. The lowest BCUT2D eigenvalue weighted by atomic mass is 10.0. The largest absolute Gasteiger partial charge is 0.380 e. The molecule has 152 valence electrons. The normalized spacial score (nSPS) is 16.2. The Balaban J connectivity index is 1.51. The van der Waals surface area contributed by atoms with Gasteiger partial charge in [-0.1, -0.05) is 41.9 Å². The van der Waals surface area contributed by atoms with E-state index in [1.54, 1.807) is 29.1 Å². The number of aliphatic hydroxyl groups excluding tert-OH is 1. The van der Waals surface area contributed by atoms with Crippen LogP contribution < -0.4 is 4.90 Å². The maximum absolute atomic E-state index is 14.8. The highest BCUT2D eigenvalue weighted by molar-refractivity contribution is 6.31. The first kappa shape index (κ1) is 19.9. The molecule has 3 aromatic rings. The van der Waals surface area contributed by atoms with E-state index in [4.69, 9.17) is 11.6 Å². The molecule has 1 aromatic heterocycles. The van der Waals surface area contributed by atoms with Gasteiger partial charge in [0.15, 0.2) is 0 Å². The number of anilines is 1. The molecule has 0 unspecified atom stereocenters. The van der Waals surface area contributed by atoms with Gasteiger partial charge in [0, 0.05) is 62.8 Å². The highest BCUT2D eigenvalue weighted by atomic mass is 35.5. The van der Waals surface area contributed by atoms with Crippen LogP contribution in [0.3, 0.4) is 0 Å². The third kappa shape index (κ3) is 4.15. The molecule has 4 rings (SSSR count). The maximum atomic E-state index is 14.8. The van der Waals surface area contributed by atoms with Gasteiger partial charge < -0.3 is 14.6 Å². The van der Waals surface area contributed by atoms with Crippen molar-refractivity contribution in [2.24, 2.45) is 7.05 Å². The molecule has 0 aliphatic carbocycles. The van der Waals surface area contributed by atoms with Crippen molar-refractivity contribution in [2.45, 2.75) is 12.6 Å². The molecule has 1 fully saturated rings. The van der Waals surface area contributed by atoms with Gasteiger partial charge >= 0.3 is 0 Å². The molecule has 2 heterocycles. The van der Waals surface area contributed by atoms with Crippen LogP contribution in [0.25, 0.3) is 0 Å². The summed E-state index contributed by atoms with van der Waals surface area (Å²) < 4.78 is 16.6. The lowest BCUT2D eigenvalue weighted by Crippen LogP contribution is -2.46. The van der Waals surface area contributed by atoms with Gasteiger partial charge in [0.25, 0.3) is 0 Å². The van der Waals surface area contributed by atoms with E-state index >= 15 is 0 Å². The van der Waals surface area contributed by atoms with Crippen molar-refractivity contribution >= 4 is 17.3 Å². The van der Waals surface area contributed by atoms with Crippen LogP contribution in [-0.2, 0) is 13.6 Å². The van der Waals surface area contributed by atoms with Gasteiger partial charge in [-0.25, -0.2) is 9.37 Å². The van der Waals surface area contributed by atoms with Crippen molar-refractivity contribution in [3.05, 3.63) is 82.6 Å². The second kappa shape index (κ2) is 8.53. The molecule has 1 N–H and O–H groups in total. The molecule has 0 spiro atoms. The molecule has 2 aromatic carbocycles. The molecule has 1 aliphatic rings. The lowest BCUT2D eigenvalue weighted by Gasteiger charge is -2.37. The summed E-state index contributed by atoms with van der Waals surface area (Å²) in [5.74, 6) is 0.171. The van der Waals surface area contributed by atoms with Crippen LogP contribution in [0.4, 0.5) is 10.1 Å². The summed E-state index contributed by atoms with van der Waals surface area (Å²) in [6, 6.07) is 12.7. The number of hydrogen-bond donors (Lipinski definition) is 1. The van der Waals surface area contributed by atoms with Gasteiger partial charge in [-0.3, -0.25) is 4.90 Å². The molecular weight excluding hydrogens is 391 g/mol. The third-order valence-corrected chi connectivity index (χ3v) is 5.82. The zero-order valence-electron chi connectivity index (χ0n) is 16.3. The Morgan fingerprint density at radius 2 is 1.86 bits per heavy atom. The van der Waals surface area contributed by atoms with Gasteiger partial charge in [-0.2, -0.15) is 0 Å². The molecular formula is C22H24ClFN4O. The molecule has 1 saturated heterocycles. The number of nitrogens with zero attached hydrogens (tertiary/aromatic N) is 4. The maximum Gasteiger partial charge on any atom is 0.146 e. The first-order valence-corrected chi connectivity index (χ1v) is 10.1. The lowest BCUT2D eigenvalue weighted by molar-refractivity contribution is 0.205. The van der Waals surface area contributed by atoms with Crippen LogP contribution in [0.5, 0.6) is 0 Å². The monoisotopic (exact) mass is 414 g/mol. The van der Waals surface area contributed by atoms with E-state index in [2.05, 4.69) is 9.88 Å². The number of piperazine rings is 1. The highest BCUT2D eigenvalue weighted by Gasteiger charge is 2.26. The number of para-hydroxylation sites is 1. The van der Waals surface area contributed by atoms with Crippen LogP contribution >= 0.6 is 11.6 Å². The second-order valence-corrected chi connectivity index (χ2v) is 7.74. The van der Waals surface area contributed by atoms with E-state index in [9.17, 15) is 9.50 Å². The summed E-state index contributed by atoms with van der Waals surface area (Å²) in [5, 5.41) is 11.6. The molecule has 7 heteroatoms. The minimum Gasteiger partial charge on any atom is -0.380 e. The first-order valence-electron chi connectivity index (χ1n) is 9.69. The van der Waals surface area contributed by atoms with Crippen molar-refractivity contribution in [3.8, 4) is 0 Å². The Hall–Kier alpha value is -2.41. The minimum absolute atomic E-state index is 0.324. The number of aliphatic hydroxyl groups is 1. The predicted octanol–water partition coefficient (Wildman–Crippen LogP) is 3.62. The number of imidazole rings is 1. The number of benzene rings is 2. The van der Waals surface area contributed by atoms with Crippen LogP contribution in [0.1, 0.15) is 23.1 Å². The van der Waals surface area contributed by atoms with E-state index < -0.39 is 6.10 Å². The number of aryl methyl sites for hydroxylation is 1. The van der Waals surface area contributed by atoms with Gasteiger partial charge in [0.2, 0.25) is 0 Å². The second-order valence-electron chi connectivity index (χ2n) is 7.33. The Morgan fingerprint density at radius 3 is 2.55 bits per heavy atom. The van der Waals surface area contributed by atoms with Crippen LogP contribution in [0.15, 0.2) is 54.9 Å². The topological polar surface area (TPSA) is 44.5 Å². The summed E-state index contributed by atoms with van der Waals surface area (Å²) in [4.78, 5) is 8.55. The molecule has 29 heavy (non-hydrogen) atoms. The van der Waals surface area contributed by atoms with Gasteiger partial charge in [-0.15, -0.1) is 0 Å². The summed E-state index contributed by atoms with van der Waals surface area (Å²) in [7, 11) is 1.82. The van der Waals surface area contributed by atoms with Crippen molar-refractivity contribution in [3.63, 3.8) is 0 Å². The van der Waals surface area contributed by atoms with E-state index in [1.165, 1.54) is 6.07 Å². The first-order chi connectivity index (χ1) is 14.0. The molecule has 0 radical (unpaired) electrons. The molecule has 0 bridgehead atoms. The Bertz CT molecular complexity index is 984. The van der Waals surface area contributed by atoms with E-state index in [0.717, 1.165) is 30.2 Å². The fourth-order valence-corrected chi connectivity index (χ4v) is 4.06. The fraction of sp³-hybridized carbons (Fsp3) is 0.318. The quantitative estimate of drug-likeness (QED) is 0.692. The van der Waals surface area contributed by atoms with Crippen molar-refractivity contribution in [1.29, 1.82) is 0 Å². The molecule has 5 nitrogen and oxygen atoms in total. The van der Waals surface area contributed by atoms with Gasteiger partial charge in [0.1, 0.15) is 17.7 Å².